The molecule has 36 heavy (non-hydrogen) atoms. The molecule has 8 heteroatoms. The van der Waals surface area contributed by atoms with Gasteiger partial charge in [-0.05, 0) is 59.9 Å². The monoisotopic (exact) mass is 508 g/mol. The molecule has 4 rings (SSSR count). The van der Waals surface area contributed by atoms with Crippen molar-refractivity contribution >= 4 is 10.8 Å². The maximum Gasteiger partial charge on any atom is 0.387 e. The zero-order valence-electron chi connectivity index (χ0n) is 20.0. The van der Waals surface area contributed by atoms with Gasteiger partial charge in [-0.25, -0.2) is 13.2 Å². The van der Waals surface area contributed by atoms with Crippen LogP contribution < -0.4 is 4.74 Å². The summed E-state index contributed by atoms with van der Waals surface area (Å²) in [6, 6.07) is 10.9. The summed E-state index contributed by atoms with van der Waals surface area (Å²) >= 11 is 0. The van der Waals surface area contributed by atoms with Gasteiger partial charge in [0, 0.05) is 17.7 Å². The Balaban J connectivity index is 1.37. The van der Waals surface area contributed by atoms with Crippen LogP contribution >= 0.6 is 0 Å². The van der Waals surface area contributed by atoms with Gasteiger partial charge < -0.3 is 14.2 Å². The summed E-state index contributed by atoms with van der Waals surface area (Å²) in [7, 11) is 0. The van der Waals surface area contributed by atoms with E-state index in [-0.39, 0.29) is 24.7 Å². The molecule has 0 saturated carbocycles. The quantitative estimate of drug-likeness (QED) is 0.268. The summed E-state index contributed by atoms with van der Waals surface area (Å²) in [5.41, 5.74) is 1.67. The SMILES string of the molecule is CCCC1COC(CCc2ccc3c(F)c(CCc4cc(F)c(OC(F)F)c(F)c4)ccc3c2)OC1. The van der Waals surface area contributed by atoms with Crippen LogP contribution in [0.5, 0.6) is 5.75 Å². The molecule has 0 amide bonds. The minimum absolute atomic E-state index is 0.129. The molecule has 3 nitrogen and oxygen atoms in total. The Bertz CT molecular complexity index is 1150. The number of rotatable bonds is 10. The normalized spacial score (nSPS) is 18.2. The van der Waals surface area contributed by atoms with Gasteiger partial charge in [0.25, 0.3) is 0 Å². The standard InChI is InChI=1S/C28H29F5O3/c1-2-3-19-15-34-25(35-16-19)11-6-17-5-10-22-21(12-17)9-8-20(26(22)31)7-4-18-13-23(29)27(24(30)14-18)36-28(32)33/h5,8-10,12-14,19,25,28H,2-4,6-7,11,15-16H2,1H3. The van der Waals surface area contributed by atoms with Crippen LogP contribution in [0, 0.1) is 23.4 Å². The summed E-state index contributed by atoms with van der Waals surface area (Å²) < 4.78 is 83.2. The first kappa shape index (κ1) is 26.4. The molecule has 1 aliphatic heterocycles. The van der Waals surface area contributed by atoms with Crippen molar-refractivity contribution in [3.05, 3.63) is 76.6 Å². The van der Waals surface area contributed by atoms with E-state index in [4.69, 9.17) is 9.47 Å². The topological polar surface area (TPSA) is 27.7 Å². The first-order valence-electron chi connectivity index (χ1n) is 12.2. The van der Waals surface area contributed by atoms with Crippen LogP contribution in [0.2, 0.25) is 0 Å². The lowest BCUT2D eigenvalue weighted by Gasteiger charge is -2.29. The number of hydrogen-bond donors (Lipinski definition) is 0. The molecule has 0 radical (unpaired) electrons. The molecule has 0 atom stereocenters. The van der Waals surface area contributed by atoms with Gasteiger partial charge in [-0.1, -0.05) is 43.7 Å². The predicted octanol–water partition coefficient (Wildman–Crippen LogP) is 7.37. The van der Waals surface area contributed by atoms with Crippen LogP contribution in [0.1, 0.15) is 42.9 Å². The van der Waals surface area contributed by atoms with Crippen molar-refractivity contribution in [2.45, 2.75) is 58.4 Å². The van der Waals surface area contributed by atoms with Gasteiger partial charge in [-0.15, -0.1) is 0 Å². The molecule has 3 aromatic carbocycles. The van der Waals surface area contributed by atoms with E-state index in [0.29, 0.717) is 16.9 Å². The summed E-state index contributed by atoms with van der Waals surface area (Å²) in [6.45, 7) is 0.253. The molecule has 3 aromatic rings. The molecule has 194 valence electrons. The fourth-order valence-corrected chi connectivity index (χ4v) is 4.58. The zero-order valence-corrected chi connectivity index (χ0v) is 20.0. The van der Waals surface area contributed by atoms with Gasteiger partial charge in [-0.3, -0.25) is 0 Å². The highest BCUT2D eigenvalue weighted by molar-refractivity contribution is 5.84. The minimum atomic E-state index is -3.33. The van der Waals surface area contributed by atoms with Crippen LogP contribution in [0.25, 0.3) is 10.8 Å². The van der Waals surface area contributed by atoms with E-state index in [1.165, 1.54) is 0 Å². The highest BCUT2D eigenvalue weighted by Gasteiger charge is 2.21. The third kappa shape index (κ3) is 6.53. The van der Waals surface area contributed by atoms with Crippen LogP contribution in [-0.4, -0.2) is 26.1 Å². The van der Waals surface area contributed by atoms with Crippen LogP contribution in [-0.2, 0) is 28.7 Å². The van der Waals surface area contributed by atoms with Crippen LogP contribution in [0.4, 0.5) is 22.0 Å². The molecule has 0 bridgehead atoms. The lowest BCUT2D eigenvalue weighted by molar-refractivity contribution is -0.203. The third-order valence-electron chi connectivity index (χ3n) is 6.45. The highest BCUT2D eigenvalue weighted by atomic mass is 19.3. The number of halogens is 5. The molecule has 0 unspecified atom stereocenters. The van der Waals surface area contributed by atoms with E-state index in [0.717, 1.165) is 62.0 Å². The Kier molecular flexibility index (Phi) is 8.80. The number of fused-ring (bicyclic) bond motifs is 1. The fraction of sp³-hybridized carbons (Fsp3) is 0.429. The Hall–Kier alpha value is -2.71. The zero-order chi connectivity index (χ0) is 25.7. The molecule has 0 N–H and O–H groups in total. The van der Waals surface area contributed by atoms with Gasteiger partial charge in [0.2, 0.25) is 0 Å². The third-order valence-corrected chi connectivity index (χ3v) is 6.45. The van der Waals surface area contributed by atoms with Gasteiger partial charge in [-0.2, -0.15) is 8.78 Å². The van der Waals surface area contributed by atoms with Gasteiger partial charge in [0.1, 0.15) is 5.82 Å². The Morgan fingerprint density at radius 2 is 1.58 bits per heavy atom. The molecule has 1 saturated heterocycles. The largest absolute Gasteiger partial charge is 0.429 e. The smallest absolute Gasteiger partial charge is 0.387 e. The number of benzene rings is 3. The van der Waals surface area contributed by atoms with Crippen molar-refractivity contribution in [3.63, 3.8) is 0 Å². The lowest BCUT2D eigenvalue weighted by atomic mass is 9.98. The van der Waals surface area contributed by atoms with Crippen molar-refractivity contribution in [1.82, 2.24) is 0 Å². The fourth-order valence-electron chi connectivity index (χ4n) is 4.58. The van der Waals surface area contributed by atoms with E-state index in [2.05, 4.69) is 11.7 Å². The summed E-state index contributed by atoms with van der Waals surface area (Å²) in [4.78, 5) is 0. The minimum Gasteiger partial charge on any atom is -0.429 e. The molecular weight excluding hydrogens is 479 g/mol. The van der Waals surface area contributed by atoms with E-state index < -0.39 is 29.8 Å². The number of ether oxygens (including phenoxy) is 3. The molecule has 1 heterocycles. The average Bonchev–Trinajstić information content (AvgIpc) is 2.85. The second kappa shape index (κ2) is 12.0. The molecule has 1 fully saturated rings. The molecule has 1 aliphatic rings. The van der Waals surface area contributed by atoms with Crippen molar-refractivity contribution in [2.75, 3.05) is 13.2 Å². The van der Waals surface area contributed by atoms with Crippen molar-refractivity contribution in [1.29, 1.82) is 0 Å². The van der Waals surface area contributed by atoms with Gasteiger partial charge in [0.15, 0.2) is 23.7 Å². The molecule has 0 aliphatic carbocycles. The second-order valence-electron chi connectivity index (χ2n) is 9.15. The summed E-state index contributed by atoms with van der Waals surface area (Å²) in [6.07, 6.45) is 3.77. The summed E-state index contributed by atoms with van der Waals surface area (Å²) in [5, 5.41) is 1.22. The van der Waals surface area contributed by atoms with Crippen molar-refractivity contribution in [3.8, 4) is 5.75 Å². The molecular formula is C28H29F5O3. The van der Waals surface area contributed by atoms with E-state index in [1.807, 2.05) is 18.2 Å². The summed E-state index contributed by atoms with van der Waals surface area (Å²) in [5.74, 6) is -3.49. The number of hydrogen-bond acceptors (Lipinski definition) is 3. The Morgan fingerprint density at radius 1 is 0.861 bits per heavy atom. The maximum atomic E-state index is 15.2. The molecule has 0 spiro atoms. The first-order valence-corrected chi connectivity index (χ1v) is 12.2. The van der Waals surface area contributed by atoms with Crippen molar-refractivity contribution < 1.29 is 36.2 Å². The number of aryl methyl sites for hydroxylation is 3. The van der Waals surface area contributed by atoms with E-state index in [9.17, 15) is 17.6 Å². The Labute approximate surface area is 207 Å². The molecule has 0 aromatic heterocycles. The second-order valence-corrected chi connectivity index (χ2v) is 9.15. The van der Waals surface area contributed by atoms with Gasteiger partial charge in [0.05, 0.1) is 13.2 Å². The maximum absolute atomic E-state index is 15.2. The first-order chi connectivity index (χ1) is 17.3. The number of alkyl halides is 2. The lowest BCUT2D eigenvalue weighted by Crippen LogP contribution is -2.32. The predicted molar refractivity (Wildman–Crippen MR) is 127 cm³/mol. The Morgan fingerprint density at radius 3 is 2.25 bits per heavy atom. The van der Waals surface area contributed by atoms with Crippen molar-refractivity contribution in [2.24, 2.45) is 5.92 Å². The van der Waals surface area contributed by atoms with E-state index in [1.54, 1.807) is 12.1 Å². The van der Waals surface area contributed by atoms with Crippen LogP contribution in [0.15, 0.2) is 42.5 Å². The van der Waals surface area contributed by atoms with E-state index >= 15 is 4.39 Å². The highest BCUT2D eigenvalue weighted by Crippen LogP contribution is 2.28. The van der Waals surface area contributed by atoms with Crippen LogP contribution in [0.3, 0.4) is 0 Å². The van der Waals surface area contributed by atoms with Gasteiger partial charge >= 0.3 is 6.61 Å². The average molecular weight is 509 g/mol.